The Morgan fingerprint density at radius 3 is 2.76 bits per heavy atom. The van der Waals surface area contributed by atoms with Gasteiger partial charge in [0.25, 0.3) is 5.91 Å². The van der Waals surface area contributed by atoms with Crippen molar-refractivity contribution in [3.05, 3.63) is 18.0 Å². The van der Waals surface area contributed by atoms with Gasteiger partial charge in [0.1, 0.15) is 10.6 Å². The van der Waals surface area contributed by atoms with Gasteiger partial charge < -0.3 is 15.6 Å². The molecular weight excluding hydrogens is 316 g/mol. The molecule has 0 aliphatic carbocycles. The molecule has 9 heteroatoms. The lowest BCUT2D eigenvalue weighted by atomic mass is 10.1. The topological polar surface area (TPSA) is 106 Å². The number of primary amides is 1. The van der Waals surface area contributed by atoms with Gasteiger partial charge >= 0.3 is 0 Å². The number of amides is 1. The first kappa shape index (κ1) is 18.0. The van der Waals surface area contributed by atoms with Crippen LogP contribution in [0.5, 0.6) is 0 Å². The highest BCUT2D eigenvalue weighted by atomic mass is 35.5. The molecule has 1 fully saturated rings. The smallest absolute Gasteiger partial charge is 0.265 e. The van der Waals surface area contributed by atoms with Crippen LogP contribution in [-0.4, -0.2) is 38.0 Å². The third-order valence-electron chi connectivity index (χ3n) is 3.47. The quantitative estimate of drug-likeness (QED) is 0.701. The van der Waals surface area contributed by atoms with E-state index in [1.807, 2.05) is 0 Å². The van der Waals surface area contributed by atoms with Crippen molar-refractivity contribution in [2.75, 3.05) is 13.1 Å². The monoisotopic (exact) mass is 336 g/mol. The molecule has 120 valence electrons. The van der Waals surface area contributed by atoms with Crippen molar-refractivity contribution in [1.82, 2.24) is 14.6 Å². The Kier molecular flexibility index (Phi) is 6.21. The number of carbonyl (C=O) groups excluding carboxylic acids is 1. The number of hydrogen-bond donors (Lipinski definition) is 3. The molecule has 1 amide bonds. The van der Waals surface area contributed by atoms with Crippen LogP contribution in [0.25, 0.3) is 0 Å². The van der Waals surface area contributed by atoms with Gasteiger partial charge in [-0.05, 0) is 25.5 Å². The fourth-order valence-corrected chi connectivity index (χ4v) is 3.47. The number of piperidine rings is 1. The Morgan fingerprint density at radius 2 is 2.24 bits per heavy atom. The SMILES string of the molecule is Cl.Cn1cc(S(=O)(=O)NCC2CCCCN2)cc1C(N)=O. The fraction of sp³-hybridized carbons (Fsp3) is 0.583. The first-order valence-corrected chi connectivity index (χ1v) is 8.07. The van der Waals surface area contributed by atoms with Crippen LogP contribution in [0.4, 0.5) is 0 Å². The van der Waals surface area contributed by atoms with Crippen molar-refractivity contribution in [1.29, 1.82) is 0 Å². The zero-order valence-electron chi connectivity index (χ0n) is 11.8. The van der Waals surface area contributed by atoms with E-state index in [1.54, 1.807) is 7.05 Å². The average molecular weight is 337 g/mol. The van der Waals surface area contributed by atoms with Crippen molar-refractivity contribution >= 4 is 28.3 Å². The molecular formula is C12H21ClN4O3S. The molecule has 21 heavy (non-hydrogen) atoms. The van der Waals surface area contributed by atoms with Crippen molar-refractivity contribution in [3.63, 3.8) is 0 Å². The number of sulfonamides is 1. The number of nitrogens with one attached hydrogen (secondary N) is 2. The molecule has 1 atom stereocenters. The molecule has 1 aliphatic heterocycles. The summed E-state index contributed by atoms with van der Waals surface area (Å²) in [6.45, 7) is 1.27. The minimum Gasteiger partial charge on any atom is -0.364 e. The highest BCUT2D eigenvalue weighted by Crippen LogP contribution is 2.13. The number of carbonyl (C=O) groups is 1. The molecule has 1 aromatic rings. The lowest BCUT2D eigenvalue weighted by Crippen LogP contribution is -2.43. The van der Waals surface area contributed by atoms with Crippen molar-refractivity contribution in [2.45, 2.75) is 30.2 Å². The maximum atomic E-state index is 12.2. The molecule has 1 aliphatic rings. The molecule has 2 heterocycles. The minimum atomic E-state index is -3.61. The highest BCUT2D eigenvalue weighted by Gasteiger charge is 2.21. The maximum Gasteiger partial charge on any atom is 0.265 e. The normalized spacial score (nSPS) is 19.0. The van der Waals surface area contributed by atoms with Gasteiger partial charge in [0.15, 0.2) is 0 Å². The standard InChI is InChI=1S/C12H20N4O3S.ClH/c1-16-8-10(6-11(16)12(13)17)20(18,19)15-7-9-4-2-3-5-14-9;/h6,8-9,14-15H,2-5,7H2,1H3,(H2,13,17);1H. The van der Waals surface area contributed by atoms with Crippen molar-refractivity contribution in [2.24, 2.45) is 12.8 Å². The molecule has 0 bridgehead atoms. The first-order chi connectivity index (χ1) is 9.40. The van der Waals surface area contributed by atoms with E-state index >= 15 is 0 Å². The summed E-state index contributed by atoms with van der Waals surface area (Å²) in [6, 6.07) is 1.46. The summed E-state index contributed by atoms with van der Waals surface area (Å²) in [5.41, 5.74) is 5.34. The highest BCUT2D eigenvalue weighted by molar-refractivity contribution is 7.89. The lowest BCUT2D eigenvalue weighted by molar-refractivity contribution is 0.0992. The van der Waals surface area contributed by atoms with E-state index in [2.05, 4.69) is 10.0 Å². The predicted molar refractivity (Wildman–Crippen MR) is 82.0 cm³/mol. The van der Waals surface area contributed by atoms with E-state index in [4.69, 9.17) is 5.73 Å². The molecule has 1 aromatic heterocycles. The number of nitrogens with two attached hydrogens (primary N) is 1. The van der Waals surface area contributed by atoms with Crippen LogP contribution in [0.3, 0.4) is 0 Å². The largest absolute Gasteiger partial charge is 0.364 e. The summed E-state index contributed by atoms with van der Waals surface area (Å²) in [6.07, 6.45) is 4.58. The minimum absolute atomic E-state index is 0. The first-order valence-electron chi connectivity index (χ1n) is 6.59. The maximum absolute atomic E-state index is 12.2. The van der Waals surface area contributed by atoms with Gasteiger partial charge in [0.2, 0.25) is 10.0 Å². The van der Waals surface area contributed by atoms with Crippen LogP contribution in [0, 0.1) is 0 Å². The Labute approximate surface area is 130 Å². The fourth-order valence-electron chi connectivity index (χ4n) is 2.32. The number of halogens is 1. The van der Waals surface area contributed by atoms with Gasteiger partial charge in [-0.2, -0.15) is 0 Å². The van der Waals surface area contributed by atoms with Crippen molar-refractivity contribution in [3.8, 4) is 0 Å². The molecule has 1 unspecified atom stereocenters. The second-order valence-electron chi connectivity index (χ2n) is 5.03. The molecule has 7 nitrogen and oxygen atoms in total. The summed E-state index contributed by atoms with van der Waals surface area (Å²) in [4.78, 5) is 11.2. The zero-order chi connectivity index (χ0) is 14.8. The molecule has 0 spiro atoms. The van der Waals surface area contributed by atoms with Crippen LogP contribution >= 0.6 is 12.4 Å². The van der Waals surface area contributed by atoms with Crippen LogP contribution in [0.1, 0.15) is 29.8 Å². The molecule has 4 N–H and O–H groups in total. The summed E-state index contributed by atoms with van der Waals surface area (Å²) in [5, 5.41) is 3.27. The van der Waals surface area contributed by atoms with Gasteiger partial charge in [-0.3, -0.25) is 4.79 Å². The Balaban J connectivity index is 0.00000220. The second kappa shape index (κ2) is 7.26. The molecule has 0 aromatic carbocycles. The average Bonchev–Trinajstić information content (AvgIpc) is 2.81. The van der Waals surface area contributed by atoms with Gasteiger partial charge in [-0.25, -0.2) is 13.1 Å². The summed E-state index contributed by atoms with van der Waals surface area (Å²) < 4.78 is 28.3. The summed E-state index contributed by atoms with van der Waals surface area (Å²) in [7, 11) is -2.03. The van der Waals surface area contributed by atoms with Crippen LogP contribution in [0.2, 0.25) is 0 Å². The third-order valence-corrected chi connectivity index (χ3v) is 4.87. The van der Waals surface area contributed by atoms with E-state index in [9.17, 15) is 13.2 Å². The van der Waals surface area contributed by atoms with E-state index in [0.29, 0.717) is 6.54 Å². The number of aromatic nitrogens is 1. The van der Waals surface area contributed by atoms with Gasteiger partial charge in [-0.1, -0.05) is 6.42 Å². The Hall–Kier alpha value is -1.09. The van der Waals surface area contributed by atoms with Crippen LogP contribution in [-0.2, 0) is 17.1 Å². The summed E-state index contributed by atoms with van der Waals surface area (Å²) in [5.74, 6) is -0.650. The number of hydrogen-bond acceptors (Lipinski definition) is 4. The second-order valence-corrected chi connectivity index (χ2v) is 6.80. The van der Waals surface area contributed by atoms with E-state index in [0.717, 1.165) is 25.8 Å². The molecule has 0 saturated carbocycles. The number of nitrogens with zero attached hydrogens (tertiary/aromatic N) is 1. The summed E-state index contributed by atoms with van der Waals surface area (Å²) >= 11 is 0. The van der Waals surface area contributed by atoms with Crippen molar-refractivity contribution < 1.29 is 13.2 Å². The third kappa shape index (κ3) is 4.44. The molecule has 2 rings (SSSR count). The number of aryl methyl sites for hydroxylation is 1. The van der Waals surface area contributed by atoms with Gasteiger partial charge in [0.05, 0.1) is 0 Å². The lowest BCUT2D eigenvalue weighted by Gasteiger charge is -2.23. The Bertz CT molecular complexity index is 594. The van der Waals surface area contributed by atoms with Crippen LogP contribution in [0.15, 0.2) is 17.2 Å². The zero-order valence-corrected chi connectivity index (χ0v) is 13.5. The van der Waals surface area contributed by atoms with E-state index < -0.39 is 15.9 Å². The van der Waals surface area contributed by atoms with E-state index in [-0.39, 0.29) is 29.0 Å². The van der Waals surface area contributed by atoms with Gasteiger partial charge in [0, 0.05) is 25.8 Å². The van der Waals surface area contributed by atoms with E-state index in [1.165, 1.54) is 16.8 Å². The van der Waals surface area contributed by atoms with Crippen LogP contribution < -0.4 is 15.8 Å². The van der Waals surface area contributed by atoms with Gasteiger partial charge in [-0.15, -0.1) is 12.4 Å². The number of rotatable bonds is 5. The predicted octanol–water partition coefficient (Wildman–Crippen LogP) is -0.0338. The molecule has 0 radical (unpaired) electrons. The Morgan fingerprint density at radius 1 is 1.52 bits per heavy atom. The molecule has 1 saturated heterocycles.